The number of amides is 1. The smallest absolute Gasteiger partial charge is 0.251 e. The van der Waals surface area contributed by atoms with E-state index in [1.165, 1.54) is 0 Å². The van der Waals surface area contributed by atoms with Crippen LogP contribution in [0.1, 0.15) is 41.0 Å². The van der Waals surface area contributed by atoms with Crippen molar-refractivity contribution < 1.29 is 4.79 Å². The van der Waals surface area contributed by atoms with Gasteiger partial charge in [0.15, 0.2) is 0 Å². The summed E-state index contributed by atoms with van der Waals surface area (Å²) in [6, 6.07) is 0.170. The predicted molar refractivity (Wildman–Crippen MR) is 63.1 cm³/mol. The third-order valence-electron chi connectivity index (χ3n) is 3.19. The summed E-state index contributed by atoms with van der Waals surface area (Å²) < 4.78 is 0. The summed E-state index contributed by atoms with van der Waals surface area (Å²) in [6.45, 7) is 10.6. The van der Waals surface area contributed by atoms with Gasteiger partial charge in [-0.3, -0.25) is 15.1 Å². The van der Waals surface area contributed by atoms with E-state index in [-0.39, 0.29) is 17.4 Å². The second-order valence-electron chi connectivity index (χ2n) is 5.14. The number of hydrogen-bond acceptors (Lipinski definition) is 3. The van der Waals surface area contributed by atoms with E-state index in [4.69, 9.17) is 5.84 Å². The molecule has 0 aromatic heterocycles. The number of nitrogens with zero attached hydrogens (tertiary/aromatic N) is 1. The molecule has 90 valence electrons. The van der Waals surface area contributed by atoms with Gasteiger partial charge in [0.05, 0.1) is 6.04 Å². The fraction of sp³-hybridized carbons (Fsp3) is 0.909. The molecule has 0 fully saturated rings. The van der Waals surface area contributed by atoms with Crippen molar-refractivity contribution in [3.63, 3.8) is 0 Å². The Kier molecular flexibility index (Phi) is 5.24. The molecule has 0 aliphatic heterocycles. The van der Waals surface area contributed by atoms with Gasteiger partial charge in [-0.15, -0.1) is 0 Å². The zero-order valence-electron chi connectivity index (χ0n) is 10.8. The van der Waals surface area contributed by atoms with Crippen LogP contribution in [0.25, 0.3) is 0 Å². The molecule has 0 aromatic rings. The van der Waals surface area contributed by atoms with E-state index in [1.807, 2.05) is 14.0 Å². The first-order valence-corrected chi connectivity index (χ1v) is 5.48. The Morgan fingerprint density at radius 1 is 1.47 bits per heavy atom. The first kappa shape index (κ1) is 14.4. The maximum atomic E-state index is 11.5. The molecule has 2 unspecified atom stereocenters. The van der Waals surface area contributed by atoms with Crippen molar-refractivity contribution in [2.45, 2.75) is 53.1 Å². The molecule has 15 heavy (non-hydrogen) atoms. The Bertz CT molecular complexity index is 210. The Morgan fingerprint density at radius 2 is 1.93 bits per heavy atom. The molecular formula is C11H25N3O. The van der Waals surface area contributed by atoms with Crippen molar-refractivity contribution in [3.05, 3.63) is 0 Å². The quantitative estimate of drug-likeness (QED) is 0.420. The van der Waals surface area contributed by atoms with Crippen LogP contribution in [0.4, 0.5) is 0 Å². The molecule has 0 saturated carbocycles. The van der Waals surface area contributed by atoms with Crippen LogP contribution >= 0.6 is 0 Å². The minimum Gasteiger partial charge on any atom is -0.293 e. The molecule has 0 aliphatic carbocycles. The largest absolute Gasteiger partial charge is 0.293 e. The van der Waals surface area contributed by atoms with Crippen LogP contribution in [0, 0.1) is 5.41 Å². The van der Waals surface area contributed by atoms with E-state index < -0.39 is 0 Å². The van der Waals surface area contributed by atoms with Crippen molar-refractivity contribution in [2.75, 3.05) is 7.05 Å². The first-order chi connectivity index (χ1) is 6.75. The average molecular weight is 215 g/mol. The Labute approximate surface area is 93.2 Å². The SMILES string of the molecule is CCC(C(=O)NN)N(C)C(C)C(C)(C)C. The second-order valence-corrected chi connectivity index (χ2v) is 5.14. The zero-order chi connectivity index (χ0) is 12.2. The summed E-state index contributed by atoms with van der Waals surface area (Å²) in [4.78, 5) is 13.6. The minimum atomic E-state index is -0.149. The number of carbonyl (C=O) groups is 1. The van der Waals surface area contributed by atoms with Crippen LogP contribution < -0.4 is 11.3 Å². The fourth-order valence-electron chi connectivity index (χ4n) is 1.64. The van der Waals surface area contributed by atoms with E-state index in [1.54, 1.807) is 0 Å². The number of hydrogen-bond donors (Lipinski definition) is 2. The van der Waals surface area contributed by atoms with E-state index in [0.717, 1.165) is 6.42 Å². The standard InChI is InChI=1S/C11H25N3O/c1-7-9(10(15)13-12)14(6)8(2)11(3,4)5/h8-9H,7,12H2,1-6H3,(H,13,15). The van der Waals surface area contributed by atoms with Crippen LogP contribution in [0.3, 0.4) is 0 Å². The summed E-state index contributed by atoms with van der Waals surface area (Å²) in [5.41, 5.74) is 2.37. The summed E-state index contributed by atoms with van der Waals surface area (Å²) in [7, 11) is 1.97. The first-order valence-electron chi connectivity index (χ1n) is 5.48. The highest BCUT2D eigenvalue weighted by molar-refractivity contribution is 5.81. The van der Waals surface area contributed by atoms with Crippen molar-refractivity contribution in [2.24, 2.45) is 11.3 Å². The molecule has 0 radical (unpaired) electrons. The third-order valence-corrected chi connectivity index (χ3v) is 3.19. The highest BCUT2D eigenvalue weighted by atomic mass is 16.2. The minimum absolute atomic E-state index is 0.115. The van der Waals surface area contributed by atoms with Gasteiger partial charge in [0.1, 0.15) is 0 Å². The highest BCUT2D eigenvalue weighted by Gasteiger charge is 2.30. The lowest BCUT2D eigenvalue weighted by atomic mass is 9.86. The number of hydrazine groups is 1. The van der Waals surface area contributed by atoms with Crippen molar-refractivity contribution in [1.29, 1.82) is 0 Å². The molecule has 1 amide bonds. The van der Waals surface area contributed by atoms with Crippen LogP contribution in [0.15, 0.2) is 0 Å². The third kappa shape index (κ3) is 3.80. The molecule has 0 spiro atoms. The molecule has 4 heteroatoms. The lowest BCUT2D eigenvalue weighted by Gasteiger charge is -2.39. The van der Waals surface area contributed by atoms with Gasteiger partial charge in [-0.2, -0.15) is 0 Å². The summed E-state index contributed by atoms with van der Waals surface area (Å²) in [6.07, 6.45) is 0.764. The van der Waals surface area contributed by atoms with Crippen molar-refractivity contribution in [1.82, 2.24) is 10.3 Å². The maximum absolute atomic E-state index is 11.5. The molecule has 0 aromatic carbocycles. The van der Waals surface area contributed by atoms with Crippen LogP contribution in [0.2, 0.25) is 0 Å². The molecule has 0 rings (SSSR count). The highest BCUT2D eigenvalue weighted by Crippen LogP contribution is 2.24. The lowest BCUT2D eigenvalue weighted by molar-refractivity contribution is -0.127. The lowest BCUT2D eigenvalue weighted by Crippen LogP contribution is -2.53. The number of nitrogens with two attached hydrogens (primary N) is 1. The van der Waals surface area contributed by atoms with Gasteiger partial charge >= 0.3 is 0 Å². The summed E-state index contributed by atoms with van der Waals surface area (Å²) in [5.74, 6) is 5.05. The van der Waals surface area contributed by atoms with Crippen LogP contribution in [-0.2, 0) is 4.79 Å². The molecule has 0 heterocycles. The van der Waals surface area contributed by atoms with E-state index in [0.29, 0.717) is 6.04 Å². The molecule has 4 nitrogen and oxygen atoms in total. The number of carbonyl (C=O) groups excluding carboxylic acids is 1. The molecule has 0 bridgehead atoms. The van der Waals surface area contributed by atoms with Crippen molar-refractivity contribution in [3.8, 4) is 0 Å². The Balaban J connectivity index is 4.65. The topological polar surface area (TPSA) is 58.4 Å². The van der Waals surface area contributed by atoms with Crippen molar-refractivity contribution >= 4 is 5.91 Å². The van der Waals surface area contributed by atoms with E-state index in [2.05, 4.69) is 38.0 Å². The normalized spacial score (nSPS) is 16.3. The molecule has 2 atom stereocenters. The Morgan fingerprint density at radius 3 is 2.20 bits per heavy atom. The van der Waals surface area contributed by atoms with Gasteiger partial charge in [0, 0.05) is 6.04 Å². The fourth-order valence-corrected chi connectivity index (χ4v) is 1.64. The average Bonchev–Trinajstić information content (AvgIpc) is 2.15. The van der Waals surface area contributed by atoms with Crippen LogP contribution in [-0.4, -0.2) is 29.9 Å². The molecule has 3 N–H and O–H groups in total. The van der Waals surface area contributed by atoms with Crippen LogP contribution in [0.5, 0.6) is 0 Å². The van der Waals surface area contributed by atoms with Gasteiger partial charge < -0.3 is 0 Å². The maximum Gasteiger partial charge on any atom is 0.251 e. The van der Waals surface area contributed by atoms with Gasteiger partial charge in [-0.1, -0.05) is 27.7 Å². The number of nitrogens with one attached hydrogen (secondary N) is 1. The summed E-state index contributed by atoms with van der Waals surface area (Å²) >= 11 is 0. The van der Waals surface area contributed by atoms with E-state index >= 15 is 0 Å². The molecule has 0 aliphatic rings. The predicted octanol–water partition coefficient (Wildman–Crippen LogP) is 1.12. The molecule has 0 saturated heterocycles. The van der Waals surface area contributed by atoms with E-state index in [9.17, 15) is 4.79 Å². The van der Waals surface area contributed by atoms with Gasteiger partial charge in [0.25, 0.3) is 5.91 Å². The summed E-state index contributed by atoms with van der Waals surface area (Å²) in [5, 5.41) is 0. The van der Waals surface area contributed by atoms with Gasteiger partial charge in [0.2, 0.25) is 0 Å². The van der Waals surface area contributed by atoms with Gasteiger partial charge in [-0.25, -0.2) is 5.84 Å². The second kappa shape index (κ2) is 5.47. The zero-order valence-corrected chi connectivity index (χ0v) is 10.8. The molecular weight excluding hydrogens is 190 g/mol. The van der Waals surface area contributed by atoms with Gasteiger partial charge in [-0.05, 0) is 25.8 Å². The number of likely N-dealkylation sites (N-methyl/N-ethyl adjacent to an activating group) is 1. The Hall–Kier alpha value is -0.610. The monoisotopic (exact) mass is 215 g/mol. The number of rotatable bonds is 4.